The van der Waals surface area contributed by atoms with Crippen LogP contribution in [0.25, 0.3) is 11.3 Å². The second kappa shape index (κ2) is 13.5. The van der Waals surface area contributed by atoms with Crippen LogP contribution in [0.5, 0.6) is 5.88 Å². The lowest BCUT2D eigenvalue weighted by Gasteiger charge is -2.49. The van der Waals surface area contributed by atoms with Gasteiger partial charge in [0.1, 0.15) is 0 Å². The standard InChI is InChI=1S/C37H44F6N4O3S/c1-22-7-5-8-23(2)32(22)30-15-31-46-33(45-30)47-51(48,49)28-10-6-9-25(13-28)14-29(26(20-50-31)17-35(11-12-35)37(41,42)43)24(3)16-34(4)18-27(19-34)44-21-36(38,39)40/h5-10,13,15,24,26-27,29,44H,11-12,14,16-21H2,1-4H3,(H,45,46,47)/t24?,26-,27?,29?,34?/m1/s1. The third-order valence-electron chi connectivity index (χ3n) is 11.1. The first-order valence-corrected chi connectivity index (χ1v) is 18.8. The molecule has 7 nitrogen and oxygen atoms in total. The first-order valence-electron chi connectivity index (χ1n) is 17.3. The van der Waals surface area contributed by atoms with Crippen LogP contribution in [0.1, 0.15) is 69.1 Å². The smallest absolute Gasteiger partial charge is 0.401 e. The molecule has 3 aliphatic rings. The van der Waals surface area contributed by atoms with E-state index >= 15 is 0 Å². The molecule has 2 saturated carbocycles. The molecule has 2 aliphatic carbocycles. The minimum Gasteiger partial charge on any atom is -0.477 e. The van der Waals surface area contributed by atoms with Crippen LogP contribution in [-0.2, 0) is 16.4 Å². The molecule has 2 N–H and O–H groups in total. The molecular formula is C37H44F6N4O3S. The van der Waals surface area contributed by atoms with Crippen molar-refractivity contribution < 1.29 is 39.5 Å². The van der Waals surface area contributed by atoms with Crippen LogP contribution in [0.2, 0.25) is 0 Å². The van der Waals surface area contributed by atoms with Gasteiger partial charge in [0.25, 0.3) is 10.0 Å². The number of rotatable bonds is 8. The Morgan fingerprint density at radius 1 is 1.00 bits per heavy atom. The highest BCUT2D eigenvalue weighted by molar-refractivity contribution is 7.92. The van der Waals surface area contributed by atoms with E-state index in [0.717, 1.165) is 16.7 Å². The van der Waals surface area contributed by atoms with E-state index in [1.807, 2.05) is 45.9 Å². The van der Waals surface area contributed by atoms with Crippen molar-refractivity contribution in [1.82, 2.24) is 15.3 Å². The molecule has 0 spiro atoms. The molecule has 0 amide bonds. The minimum atomic E-state index is -4.41. The number of benzene rings is 2. The summed E-state index contributed by atoms with van der Waals surface area (Å²) < 4.78 is 118. The lowest BCUT2D eigenvalue weighted by atomic mass is 9.60. The maximum absolute atomic E-state index is 14.5. The van der Waals surface area contributed by atoms with E-state index in [9.17, 15) is 34.8 Å². The minimum absolute atomic E-state index is 0.0182. The fourth-order valence-corrected chi connectivity index (χ4v) is 9.44. The van der Waals surface area contributed by atoms with Crippen LogP contribution in [0.3, 0.4) is 0 Å². The third kappa shape index (κ3) is 8.48. The van der Waals surface area contributed by atoms with E-state index in [2.05, 4.69) is 20.0 Å². The number of hydrogen-bond donors (Lipinski definition) is 2. The van der Waals surface area contributed by atoms with Gasteiger partial charge < -0.3 is 10.1 Å². The van der Waals surface area contributed by atoms with Crippen molar-refractivity contribution in [2.45, 2.75) is 95.9 Å². The number of anilines is 1. The Balaban J connectivity index is 1.39. The molecule has 14 heteroatoms. The molecule has 2 heterocycles. The molecule has 278 valence electrons. The molecule has 1 aliphatic heterocycles. The number of nitrogens with zero attached hydrogens (tertiary/aromatic N) is 2. The van der Waals surface area contributed by atoms with Gasteiger partial charge in [0.15, 0.2) is 0 Å². The average molecular weight is 739 g/mol. The Bertz CT molecular complexity index is 1840. The number of hydrogen-bond acceptors (Lipinski definition) is 6. The summed E-state index contributed by atoms with van der Waals surface area (Å²) in [6, 6.07) is 13.3. The first-order chi connectivity index (χ1) is 23.7. The summed E-state index contributed by atoms with van der Waals surface area (Å²) in [5, 5.41) is 2.58. The van der Waals surface area contributed by atoms with Crippen LogP contribution >= 0.6 is 0 Å². The Morgan fingerprint density at radius 2 is 1.67 bits per heavy atom. The maximum atomic E-state index is 14.5. The van der Waals surface area contributed by atoms with E-state index in [0.29, 0.717) is 30.5 Å². The van der Waals surface area contributed by atoms with Gasteiger partial charge in [0, 0.05) is 17.7 Å². The number of halogens is 6. The average Bonchev–Trinajstić information content (AvgIpc) is 3.80. The summed E-state index contributed by atoms with van der Waals surface area (Å²) in [6.45, 7) is 6.61. The maximum Gasteiger partial charge on any atom is 0.401 e. The molecule has 51 heavy (non-hydrogen) atoms. The molecule has 4 bridgehead atoms. The van der Waals surface area contributed by atoms with E-state index in [1.165, 1.54) is 12.1 Å². The normalized spacial score (nSPS) is 26.3. The predicted molar refractivity (Wildman–Crippen MR) is 182 cm³/mol. The number of aryl methyl sites for hydroxylation is 2. The molecule has 2 aromatic carbocycles. The van der Waals surface area contributed by atoms with Gasteiger partial charge in [0.05, 0.1) is 29.2 Å². The zero-order valence-corrected chi connectivity index (χ0v) is 29.9. The summed E-state index contributed by atoms with van der Waals surface area (Å²) >= 11 is 0. The van der Waals surface area contributed by atoms with Crippen LogP contribution < -0.4 is 14.8 Å². The van der Waals surface area contributed by atoms with E-state index in [-0.39, 0.29) is 72.3 Å². The molecule has 1 aromatic heterocycles. The van der Waals surface area contributed by atoms with Crippen molar-refractivity contribution in [3.05, 3.63) is 65.2 Å². The van der Waals surface area contributed by atoms with E-state index in [4.69, 9.17) is 4.74 Å². The number of ether oxygens (including phenoxy) is 1. The zero-order chi connectivity index (χ0) is 37.0. The van der Waals surface area contributed by atoms with Gasteiger partial charge in [-0.2, -0.15) is 31.3 Å². The second-order valence-corrected chi connectivity index (χ2v) is 17.1. The van der Waals surface area contributed by atoms with Crippen LogP contribution in [0, 0.1) is 42.4 Å². The summed E-state index contributed by atoms with van der Waals surface area (Å²) in [6.07, 6.45) is -6.98. The molecule has 3 aromatic rings. The predicted octanol–water partition coefficient (Wildman–Crippen LogP) is 8.81. The summed E-state index contributed by atoms with van der Waals surface area (Å²) in [5.74, 6) is -1.36. The number of fused-ring (bicyclic) bond motifs is 4. The first kappa shape index (κ1) is 37.4. The highest BCUT2D eigenvalue weighted by Gasteiger charge is 2.64. The molecule has 2 unspecified atom stereocenters. The highest BCUT2D eigenvalue weighted by Crippen LogP contribution is 2.62. The largest absolute Gasteiger partial charge is 0.477 e. The van der Waals surface area contributed by atoms with Gasteiger partial charge in [-0.15, -0.1) is 0 Å². The summed E-state index contributed by atoms with van der Waals surface area (Å²) in [4.78, 5) is 8.87. The third-order valence-corrected chi connectivity index (χ3v) is 12.4. The number of sulfonamides is 1. The van der Waals surface area contributed by atoms with Crippen molar-refractivity contribution in [2.24, 2.45) is 28.6 Å². The van der Waals surface area contributed by atoms with Crippen LogP contribution in [0.4, 0.5) is 32.3 Å². The van der Waals surface area contributed by atoms with Crippen LogP contribution in [0.15, 0.2) is 53.4 Å². The van der Waals surface area contributed by atoms with E-state index < -0.39 is 40.3 Å². The molecule has 3 atom stereocenters. The number of alkyl halides is 6. The van der Waals surface area contributed by atoms with Crippen LogP contribution in [-0.4, -0.2) is 49.9 Å². The number of aromatic nitrogens is 2. The highest BCUT2D eigenvalue weighted by atomic mass is 32.2. The second-order valence-electron chi connectivity index (χ2n) is 15.4. The lowest BCUT2D eigenvalue weighted by molar-refractivity contribution is -0.194. The van der Waals surface area contributed by atoms with Gasteiger partial charge in [-0.1, -0.05) is 44.2 Å². The van der Waals surface area contributed by atoms with Crippen molar-refractivity contribution in [3.8, 4) is 17.1 Å². The molecule has 6 rings (SSSR count). The molecule has 0 saturated heterocycles. The van der Waals surface area contributed by atoms with Gasteiger partial charge in [0.2, 0.25) is 11.8 Å². The van der Waals surface area contributed by atoms with Crippen molar-refractivity contribution >= 4 is 16.0 Å². The van der Waals surface area contributed by atoms with Gasteiger partial charge in [-0.25, -0.2) is 18.1 Å². The van der Waals surface area contributed by atoms with Crippen molar-refractivity contribution in [1.29, 1.82) is 0 Å². The van der Waals surface area contributed by atoms with Crippen molar-refractivity contribution in [2.75, 3.05) is 17.9 Å². The fourth-order valence-electron chi connectivity index (χ4n) is 8.43. The monoisotopic (exact) mass is 738 g/mol. The SMILES string of the molecule is Cc1cccc(C)c1-c1cc2nc(n1)NS(=O)(=O)c1cccc(c1)CC(C(C)CC1(C)CC(NCC(F)(F)F)C1)[C@H](CC1(C(F)(F)F)CC1)CO2. The fraction of sp³-hybridized carbons (Fsp3) is 0.568. The molecule has 0 radical (unpaired) electrons. The topological polar surface area (TPSA) is 93.2 Å². The summed E-state index contributed by atoms with van der Waals surface area (Å²) in [7, 11) is -4.18. The Hall–Kier alpha value is -3.39. The Morgan fingerprint density at radius 3 is 2.29 bits per heavy atom. The van der Waals surface area contributed by atoms with Gasteiger partial charge >= 0.3 is 12.4 Å². The molecular weight excluding hydrogens is 694 g/mol. The van der Waals surface area contributed by atoms with Gasteiger partial charge in [-0.05, 0) is 111 Å². The molecule has 2 fully saturated rings. The quantitative estimate of drug-likeness (QED) is 0.225. The number of nitrogens with one attached hydrogen (secondary N) is 2. The Kier molecular flexibility index (Phi) is 9.92. The summed E-state index contributed by atoms with van der Waals surface area (Å²) in [5.41, 5.74) is 1.41. The Labute approximate surface area is 295 Å². The van der Waals surface area contributed by atoms with Gasteiger partial charge in [-0.3, -0.25) is 0 Å². The van der Waals surface area contributed by atoms with Crippen molar-refractivity contribution in [3.63, 3.8) is 0 Å². The zero-order valence-electron chi connectivity index (χ0n) is 29.1. The lowest BCUT2D eigenvalue weighted by Crippen LogP contribution is -2.51. The van der Waals surface area contributed by atoms with E-state index in [1.54, 1.807) is 18.2 Å².